The van der Waals surface area contributed by atoms with E-state index in [1.807, 2.05) is 6.92 Å². The number of nitrogens with zero attached hydrogens (tertiary/aromatic N) is 4. The third-order valence-electron chi connectivity index (χ3n) is 2.77. The lowest BCUT2D eigenvalue weighted by atomic mass is 10.2. The molecule has 0 radical (unpaired) electrons. The van der Waals surface area contributed by atoms with Gasteiger partial charge in [-0.3, -0.25) is 0 Å². The maximum atomic E-state index is 13.2. The van der Waals surface area contributed by atoms with Gasteiger partial charge in [-0.05, 0) is 48.0 Å². The Morgan fingerprint density at radius 1 is 1.32 bits per heavy atom. The predicted molar refractivity (Wildman–Crippen MR) is 70.4 cm³/mol. The third-order valence-corrected chi connectivity index (χ3v) is 2.77. The molecule has 1 atom stereocenters. The highest BCUT2D eigenvalue weighted by Crippen LogP contribution is 2.14. The van der Waals surface area contributed by atoms with Crippen LogP contribution in [0.15, 0.2) is 24.3 Å². The molecular weight excluding hydrogens is 245 g/mol. The molecule has 19 heavy (non-hydrogen) atoms. The molecule has 0 aliphatic heterocycles. The van der Waals surface area contributed by atoms with Gasteiger partial charge in [0.05, 0.1) is 11.7 Å². The van der Waals surface area contributed by atoms with E-state index < -0.39 is 0 Å². The molecule has 0 spiro atoms. The molecule has 0 saturated heterocycles. The van der Waals surface area contributed by atoms with Gasteiger partial charge in [-0.25, -0.2) is 4.39 Å². The van der Waals surface area contributed by atoms with Crippen LogP contribution in [0.4, 0.5) is 4.39 Å². The molecule has 2 aromatic rings. The van der Waals surface area contributed by atoms with E-state index in [2.05, 4.69) is 34.7 Å². The minimum atomic E-state index is -0.304. The second kappa shape index (κ2) is 5.88. The number of hydrogen-bond acceptors (Lipinski definition) is 4. The van der Waals surface area contributed by atoms with Crippen molar-refractivity contribution >= 4 is 0 Å². The van der Waals surface area contributed by atoms with Crippen LogP contribution in [-0.2, 0) is 0 Å². The van der Waals surface area contributed by atoms with Crippen molar-refractivity contribution in [2.24, 2.45) is 5.92 Å². The zero-order valence-electron chi connectivity index (χ0n) is 11.3. The number of aromatic nitrogens is 4. The van der Waals surface area contributed by atoms with E-state index in [0.29, 0.717) is 17.4 Å². The van der Waals surface area contributed by atoms with Crippen LogP contribution < -0.4 is 5.32 Å². The molecule has 102 valence electrons. The molecule has 1 heterocycles. The molecule has 2 rings (SSSR count). The normalized spacial score (nSPS) is 12.9. The summed E-state index contributed by atoms with van der Waals surface area (Å²) in [5.74, 6) is 0.911. The van der Waals surface area contributed by atoms with Gasteiger partial charge in [0.25, 0.3) is 0 Å². The Balaban J connectivity index is 2.22. The van der Waals surface area contributed by atoms with Crippen molar-refractivity contribution in [2.75, 3.05) is 6.54 Å². The maximum absolute atomic E-state index is 13.2. The Morgan fingerprint density at radius 3 is 2.79 bits per heavy atom. The predicted octanol–water partition coefficient (Wildman–Crippen LogP) is 2.11. The first-order chi connectivity index (χ1) is 9.08. The standard InChI is InChI=1S/C13H18FN5/c1-9(2)8-15-10(3)13-16-17-18-19(13)12-6-4-5-11(14)7-12/h4-7,9-10,15H,8H2,1-3H3. The number of rotatable bonds is 5. The summed E-state index contributed by atoms with van der Waals surface area (Å²) in [6.45, 7) is 7.13. The Labute approximate surface area is 111 Å². The molecule has 6 heteroatoms. The molecule has 0 amide bonds. The van der Waals surface area contributed by atoms with Crippen molar-refractivity contribution in [1.29, 1.82) is 0 Å². The van der Waals surface area contributed by atoms with Gasteiger partial charge in [0.2, 0.25) is 0 Å². The van der Waals surface area contributed by atoms with E-state index in [4.69, 9.17) is 0 Å². The van der Waals surface area contributed by atoms with Crippen LogP contribution >= 0.6 is 0 Å². The van der Waals surface area contributed by atoms with E-state index >= 15 is 0 Å². The van der Waals surface area contributed by atoms with Gasteiger partial charge >= 0.3 is 0 Å². The van der Waals surface area contributed by atoms with E-state index in [-0.39, 0.29) is 11.9 Å². The van der Waals surface area contributed by atoms with Crippen LogP contribution in [-0.4, -0.2) is 26.8 Å². The highest BCUT2D eigenvalue weighted by Gasteiger charge is 2.15. The Hall–Kier alpha value is -1.82. The summed E-state index contributed by atoms with van der Waals surface area (Å²) in [6, 6.07) is 6.23. The first kappa shape index (κ1) is 13.6. The number of hydrogen-bond donors (Lipinski definition) is 1. The molecule has 0 saturated carbocycles. The van der Waals surface area contributed by atoms with Crippen LogP contribution in [0.1, 0.15) is 32.6 Å². The average molecular weight is 263 g/mol. The van der Waals surface area contributed by atoms with Crippen LogP contribution in [0.3, 0.4) is 0 Å². The second-order valence-corrected chi connectivity index (χ2v) is 4.95. The van der Waals surface area contributed by atoms with Crippen molar-refractivity contribution in [2.45, 2.75) is 26.8 Å². The molecule has 0 fully saturated rings. The highest BCUT2D eigenvalue weighted by atomic mass is 19.1. The van der Waals surface area contributed by atoms with Gasteiger partial charge in [0.1, 0.15) is 5.82 Å². The van der Waals surface area contributed by atoms with Crippen molar-refractivity contribution in [3.63, 3.8) is 0 Å². The van der Waals surface area contributed by atoms with Crippen LogP contribution in [0.25, 0.3) is 5.69 Å². The third kappa shape index (κ3) is 3.35. The lowest BCUT2D eigenvalue weighted by Crippen LogP contribution is -2.25. The number of nitrogens with one attached hydrogen (secondary N) is 1. The molecular formula is C13H18FN5. The molecule has 1 N–H and O–H groups in total. The zero-order valence-corrected chi connectivity index (χ0v) is 11.3. The summed E-state index contributed by atoms with van der Waals surface area (Å²) in [4.78, 5) is 0. The van der Waals surface area contributed by atoms with Crippen molar-refractivity contribution in [3.8, 4) is 5.69 Å². The fourth-order valence-electron chi connectivity index (χ4n) is 1.76. The summed E-state index contributed by atoms with van der Waals surface area (Å²) >= 11 is 0. The lowest BCUT2D eigenvalue weighted by Gasteiger charge is -2.15. The number of halogens is 1. The summed E-state index contributed by atoms with van der Waals surface area (Å²) in [5, 5.41) is 15.0. The Morgan fingerprint density at radius 2 is 2.11 bits per heavy atom. The summed E-state index contributed by atoms with van der Waals surface area (Å²) in [5.41, 5.74) is 0.623. The zero-order chi connectivity index (χ0) is 13.8. The van der Waals surface area contributed by atoms with Crippen LogP contribution in [0, 0.1) is 11.7 Å². The van der Waals surface area contributed by atoms with Crippen LogP contribution in [0.2, 0.25) is 0 Å². The van der Waals surface area contributed by atoms with Crippen molar-refractivity contribution in [3.05, 3.63) is 35.9 Å². The molecule has 0 aliphatic carbocycles. The largest absolute Gasteiger partial charge is 0.307 e. The van der Waals surface area contributed by atoms with Gasteiger partial charge in [-0.2, -0.15) is 4.68 Å². The molecule has 0 aliphatic rings. The van der Waals surface area contributed by atoms with Gasteiger partial charge in [0, 0.05) is 0 Å². The fraction of sp³-hybridized carbons (Fsp3) is 0.462. The molecule has 1 aromatic heterocycles. The first-order valence-electron chi connectivity index (χ1n) is 6.35. The monoisotopic (exact) mass is 263 g/mol. The first-order valence-corrected chi connectivity index (χ1v) is 6.35. The highest BCUT2D eigenvalue weighted by molar-refractivity contribution is 5.31. The van der Waals surface area contributed by atoms with Crippen molar-refractivity contribution < 1.29 is 4.39 Å². The fourth-order valence-corrected chi connectivity index (χ4v) is 1.76. The van der Waals surface area contributed by atoms with Crippen LogP contribution in [0.5, 0.6) is 0 Å². The number of benzene rings is 1. The maximum Gasteiger partial charge on any atom is 0.173 e. The lowest BCUT2D eigenvalue weighted by molar-refractivity contribution is 0.474. The van der Waals surface area contributed by atoms with E-state index in [1.165, 1.54) is 12.1 Å². The Bertz CT molecular complexity index is 537. The quantitative estimate of drug-likeness (QED) is 0.897. The average Bonchev–Trinajstić information content (AvgIpc) is 2.85. The van der Waals surface area contributed by atoms with Gasteiger partial charge in [-0.1, -0.05) is 19.9 Å². The van der Waals surface area contributed by atoms with Gasteiger partial charge in [0.15, 0.2) is 5.82 Å². The topological polar surface area (TPSA) is 55.6 Å². The minimum Gasteiger partial charge on any atom is -0.307 e. The minimum absolute atomic E-state index is 0.000618. The smallest absolute Gasteiger partial charge is 0.173 e. The van der Waals surface area contributed by atoms with Gasteiger partial charge < -0.3 is 5.32 Å². The molecule has 1 aromatic carbocycles. The number of tetrazole rings is 1. The summed E-state index contributed by atoms with van der Waals surface area (Å²) in [6.07, 6.45) is 0. The molecule has 5 nitrogen and oxygen atoms in total. The van der Waals surface area contributed by atoms with E-state index in [9.17, 15) is 4.39 Å². The van der Waals surface area contributed by atoms with E-state index in [1.54, 1.807) is 16.8 Å². The summed E-state index contributed by atoms with van der Waals surface area (Å²) in [7, 11) is 0. The SMILES string of the molecule is CC(C)CNC(C)c1nnnn1-c1cccc(F)c1. The molecule has 1 unspecified atom stereocenters. The summed E-state index contributed by atoms with van der Waals surface area (Å²) < 4.78 is 14.8. The molecule has 0 bridgehead atoms. The Kier molecular flexibility index (Phi) is 4.21. The van der Waals surface area contributed by atoms with Crippen molar-refractivity contribution in [1.82, 2.24) is 25.5 Å². The van der Waals surface area contributed by atoms with E-state index in [0.717, 1.165) is 6.54 Å². The van der Waals surface area contributed by atoms with Gasteiger partial charge in [-0.15, -0.1) is 5.10 Å². The second-order valence-electron chi connectivity index (χ2n) is 4.95.